The Morgan fingerprint density at radius 3 is 2.32 bits per heavy atom. The number of benzene rings is 2. The van der Waals surface area contributed by atoms with Crippen LogP contribution < -0.4 is 11.1 Å². The van der Waals surface area contributed by atoms with Crippen LogP contribution in [-0.2, 0) is 9.53 Å². The number of carbonyl (C=O) groups excluding carboxylic acids is 2. The number of nitro benzene ring substituents is 1. The number of halogens is 1. The van der Waals surface area contributed by atoms with Crippen molar-refractivity contribution in [1.82, 2.24) is 5.32 Å². The van der Waals surface area contributed by atoms with Crippen molar-refractivity contribution >= 4 is 35.7 Å². The van der Waals surface area contributed by atoms with Gasteiger partial charge in [-0.1, -0.05) is 18.2 Å². The van der Waals surface area contributed by atoms with Crippen LogP contribution in [-0.4, -0.2) is 22.9 Å². The Morgan fingerprint density at radius 1 is 1.14 bits per heavy atom. The van der Waals surface area contributed by atoms with E-state index >= 15 is 0 Å². The van der Waals surface area contributed by atoms with Gasteiger partial charge in [0, 0.05) is 17.3 Å². The van der Waals surface area contributed by atoms with Gasteiger partial charge in [0.05, 0.1) is 29.1 Å². The van der Waals surface area contributed by atoms with Crippen molar-refractivity contribution in [2.24, 2.45) is 0 Å². The van der Waals surface area contributed by atoms with Crippen LogP contribution >= 0.6 is 12.4 Å². The van der Waals surface area contributed by atoms with Crippen LogP contribution in [0.3, 0.4) is 0 Å². The van der Waals surface area contributed by atoms with Gasteiger partial charge in [-0.25, -0.2) is 0 Å². The molecule has 28 heavy (non-hydrogen) atoms. The normalized spacial score (nSPS) is 11.2. The first-order valence-electron chi connectivity index (χ1n) is 8.37. The lowest BCUT2D eigenvalue weighted by molar-refractivity contribution is -0.385. The Hall–Kier alpha value is -3.13. The summed E-state index contributed by atoms with van der Waals surface area (Å²) < 4.78 is 5.13. The lowest BCUT2D eigenvalue weighted by Gasteiger charge is -2.19. The highest BCUT2D eigenvalue weighted by Crippen LogP contribution is 2.28. The number of ether oxygens (including phenoxy) is 1. The highest BCUT2D eigenvalue weighted by molar-refractivity contribution is 5.95. The number of hydrogen-bond donors (Lipinski definition) is 2. The third kappa shape index (κ3) is 6.24. The van der Waals surface area contributed by atoms with Crippen LogP contribution in [0.25, 0.3) is 0 Å². The average Bonchev–Trinajstić information content (AvgIpc) is 2.61. The molecule has 9 heteroatoms. The number of amides is 1. The van der Waals surface area contributed by atoms with Crippen LogP contribution in [0.4, 0.5) is 11.4 Å². The fourth-order valence-corrected chi connectivity index (χ4v) is 2.54. The first-order chi connectivity index (χ1) is 12.8. The van der Waals surface area contributed by atoms with Gasteiger partial charge in [-0.3, -0.25) is 19.7 Å². The van der Waals surface area contributed by atoms with E-state index in [9.17, 15) is 19.7 Å². The van der Waals surface area contributed by atoms with Gasteiger partial charge >= 0.3 is 5.97 Å². The van der Waals surface area contributed by atoms with Crippen LogP contribution in [0.5, 0.6) is 0 Å². The third-order valence-electron chi connectivity index (χ3n) is 3.73. The molecule has 0 fully saturated rings. The number of carbonyl (C=O) groups is 2. The van der Waals surface area contributed by atoms with Crippen molar-refractivity contribution in [1.29, 1.82) is 0 Å². The molecule has 0 spiro atoms. The maximum absolute atomic E-state index is 12.6. The summed E-state index contributed by atoms with van der Waals surface area (Å²) in [5.41, 5.74) is 6.49. The maximum Gasteiger partial charge on any atom is 0.308 e. The molecule has 0 aliphatic rings. The largest absolute Gasteiger partial charge is 0.463 e. The number of rotatable bonds is 7. The Balaban J connectivity index is 0.00000392. The molecule has 0 aliphatic carbocycles. The smallest absolute Gasteiger partial charge is 0.308 e. The molecule has 3 N–H and O–H groups in total. The van der Waals surface area contributed by atoms with Crippen molar-refractivity contribution in [3.63, 3.8) is 0 Å². The van der Waals surface area contributed by atoms with E-state index in [0.29, 0.717) is 11.3 Å². The summed E-state index contributed by atoms with van der Waals surface area (Å²) >= 11 is 0. The average molecular weight is 408 g/mol. The van der Waals surface area contributed by atoms with E-state index in [4.69, 9.17) is 10.5 Å². The van der Waals surface area contributed by atoms with E-state index in [1.807, 2.05) is 0 Å². The molecule has 1 amide bonds. The summed E-state index contributed by atoms with van der Waals surface area (Å²) in [7, 11) is 0. The van der Waals surface area contributed by atoms with Gasteiger partial charge in [0.25, 0.3) is 11.6 Å². The monoisotopic (exact) mass is 407 g/mol. The summed E-state index contributed by atoms with van der Waals surface area (Å²) in [6, 6.07) is 11.3. The zero-order valence-electron chi connectivity index (χ0n) is 15.5. The minimum absolute atomic E-state index is 0. The molecule has 0 saturated heterocycles. The van der Waals surface area contributed by atoms with Crippen molar-refractivity contribution < 1.29 is 19.2 Å². The van der Waals surface area contributed by atoms with Gasteiger partial charge in [0.1, 0.15) is 0 Å². The van der Waals surface area contributed by atoms with Gasteiger partial charge in [0.15, 0.2) is 0 Å². The fraction of sp³-hybridized carbons (Fsp3) is 0.263. The molecule has 1 unspecified atom stereocenters. The first kappa shape index (κ1) is 22.9. The van der Waals surface area contributed by atoms with E-state index in [0.717, 1.165) is 0 Å². The quantitative estimate of drug-likeness (QED) is 0.313. The Labute approximate surface area is 168 Å². The summed E-state index contributed by atoms with van der Waals surface area (Å²) in [5.74, 6) is -1.04. The number of esters is 1. The summed E-state index contributed by atoms with van der Waals surface area (Å²) in [4.78, 5) is 35.5. The molecule has 0 aliphatic heterocycles. The third-order valence-corrected chi connectivity index (χ3v) is 3.73. The number of nitro groups is 1. The van der Waals surface area contributed by atoms with Gasteiger partial charge in [0.2, 0.25) is 0 Å². The highest BCUT2D eigenvalue weighted by atomic mass is 35.5. The number of nitrogens with two attached hydrogens (primary N) is 1. The molecule has 0 bridgehead atoms. The summed E-state index contributed by atoms with van der Waals surface area (Å²) in [5, 5.41) is 14.0. The van der Waals surface area contributed by atoms with Gasteiger partial charge in [-0.2, -0.15) is 0 Å². The SMILES string of the molecule is CC(C)OC(=O)CC(NC(=O)c1ccc(N)cc1)c1ccccc1[N+](=O)[O-].Cl. The van der Waals surface area contributed by atoms with E-state index in [2.05, 4.69) is 5.32 Å². The van der Waals surface area contributed by atoms with Crippen molar-refractivity contribution in [3.8, 4) is 0 Å². The van der Waals surface area contributed by atoms with E-state index in [-0.39, 0.29) is 36.2 Å². The number of hydrogen-bond acceptors (Lipinski definition) is 6. The van der Waals surface area contributed by atoms with Crippen LogP contribution in [0.15, 0.2) is 48.5 Å². The number of anilines is 1. The Kier molecular flexibility index (Phi) is 8.40. The molecule has 0 heterocycles. The molecule has 2 aromatic rings. The molecule has 8 nitrogen and oxygen atoms in total. The Morgan fingerprint density at radius 2 is 1.75 bits per heavy atom. The zero-order valence-corrected chi connectivity index (χ0v) is 16.3. The van der Waals surface area contributed by atoms with Crippen molar-refractivity contribution in [3.05, 3.63) is 69.8 Å². The second-order valence-corrected chi connectivity index (χ2v) is 6.21. The second-order valence-electron chi connectivity index (χ2n) is 6.21. The van der Waals surface area contributed by atoms with Gasteiger partial charge < -0.3 is 15.8 Å². The van der Waals surface area contributed by atoms with Gasteiger partial charge in [-0.15, -0.1) is 12.4 Å². The Bertz CT molecular complexity index is 840. The lowest BCUT2D eigenvalue weighted by Crippen LogP contribution is -2.31. The fourth-order valence-electron chi connectivity index (χ4n) is 2.54. The van der Waals surface area contributed by atoms with E-state index in [1.54, 1.807) is 32.0 Å². The van der Waals surface area contributed by atoms with Crippen LogP contribution in [0, 0.1) is 10.1 Å². The molecule has 2 rings (SSSR count). The first-order valence-corrected chi connectivity index (χ1v) is 8.37. The zero-order chi connectivity index (χ0) is 20.0. The molecular formula is C19H22ClN3O5. The van der Waals surface area contributed by atoms with Crippen LogP contribution in [0.2, 0.25) is 0 Å². The highest BCUT2D eigenvalue weighted by Gasteiger charge is 2.26. The van der Waals surface area contributed by atoms with Gasteiger partial charge in [-0.05, 0) is 38.1 Å². The number of nitrogens with one attached hydrogen (secondary N) is 1. The van der Waals surface area contributed by atoms with E-state index < -0.39 is 22.8 Å². The molecule has 0 radical (unpaired) electrons. The van der Waals surface area contributed by atoms with Crippen molar-refractivity contribution in [2.75, 3.05) is 5.73 Å². The molecule has 2 aromatic carbocycles. The molecule has 0 aromatic heterocycles. The number of para-hydroxylation sites is 1. The minimum atomic E-state index is -0.914. The maximum atomic E-state index is 12.6. The number of nitrogens with zero attached hydrogens (tertiary/aromatic N) is 1. The number of nitrogen functional groups attached to an aromatic ring is 1. The topological polar surface area (TPSA) is 125 Å². The van der Waals surface area contributed by atoms with Crippen molar-refractivity contribution in [2.45, 2.75) is 32.4 Å². The van der Waals surface area contributed by atoms with E-state index in [1.165, 1.54) is 30.3 Å². The van der Waals surface area contributed by atoms with Crippen LogP contribution in [0.1, 0.15) is 42.2 Å². The minimum Gasteiger partial charge on any atom is -0.463 e. The molecule has 1 atom stereocenters. The predicted molar refractivity (Wildman–Crippen MR) is 107 cm³/mol. The molecule has 150 valence electrons. The summed E-state index contributed by atoms with van der Waals surface area (Å²) in [6.07, 6.45) is -0.569. The standard InChI is InChI=1S/C19H21N3O5.ClH/c1-12(2)27-18(23)11-16(15-5-3-4-6-17(15)22(25)26)21-19(24)13-7-9-14(20)10-8-13;/h3-10,12,16H,11,20H2,1-2H3,(H,21,24);1H. The molecule has 0 saturated carbocycles. The molecular weight excluding hydrogens is 386 g/mol. The predicted octanol–water partition coefficient (Wildman–Crippen LogP) is 3.41. The lowest BCUT2D eigenvalue weighted by atomic mass is 10.0. The second kappa shape index (κ2) is 10.3. The summed E-state index contributed by atoms with van der Waals surface area (Å²) in [6.45, 7) is 3.40.